The van der Waals surface area contributed by atoms with E-state index < -0.39 is 23.8 Å². The van der Waals surface area contributed by atoms with E-state index in [1.807, 2.05) is 19.0 Å². The molecule has 1 atom stereocenters. The van der Waals surface area contributed by atoms with Crippen molar-refractivity contribution in [3.8, 4) is 5.69 Å². The van der Waals surface area contributed by atoms with E-state index in [0.29, 0.717) is 29.5 Å². The Labute approximate surface area is 214 Å². The number of rotatable bonds is 10. The van der Waals surface area contributed by atoms with Crippen molar-refractivity contribution in [1.82, 2.24) is 20.1 Å². The molecule has 0 unspecified atom stereocenters. The molecule has 1 heterocycles. The molecule has 9 nitrogen and oxygen atoms in total. The van der Waals surface area contributed by atoms with Gasteiger partial charge < -0.3 is 20.9 Å². The molecule has 36 heavy (non-hydrogen) atoms. The number of likely N-dealkylation sites (N-methyl/N-ethyl adjacent to an activating group) is 1. The van der Waals surface area contributed by atoms with Crippen LogP contribution in [-0.4, -0.2) is 60.4 Å². The fourth-order valence-corrected chi connectivity index (χ4v) is 3.45. The van der Waals surface area contributed by atoms with Crippen molar-refractivity contribution in [1.29, 1.82) is 0 Å². The summed E-state index contributed by atoms with van der Waals surface area (Å²) in [5, 5.41) is 8.64. The lowest BCUT2D eigenvalue weighted by Crippen LogP contribution is -2.49. The molecule has 0 radical (unpaired) electrons. The van der Waals surface area contributed by atoms with E-state index >= 15 is 0 Å². The average molecular weight is 510 g/mol. The third-order valence-electron chi connectivity index (χ3n) is 5.23. The summed E-state index contributed by atoms with van der Waals surface area (Å²) in [5.41, 5.74) is 1.20. The van der Waals surface area contributed by atoms with Crippen LogP contribution < -0.4 is 21.5 Å². The van der Waals surface area contributed by atoms with E-state index in [9.17, 15) is 19.2 Å². The van der Waals surface area contributed by atoms with Crippen LogP contribution in [-0.2, 0) is 9.59 Å². The van der Waals surface area contributed by atoms with Crippen molar-refractivity contribution in [2.24, 2.45) is 0 Å². The highest BCUT2D eigenvalue weighted by Crippen LogP contribution is 2.14. The fraction of sp³-hybridized carbons (Fsp3) is 0.231. The molecule has 3 rings (SSSR count). The summed E-state index contributed by atoms with van der Waals surface area (Å²) >= 11 is 5.88. The highest BCUT2D eigenvalue weighted by Gasteiger charge is 2.24. The van der Waals surface area contributed by atoms with Gasteiger partial charge in [0.15, 0.2) is 0 Å². The predicted octanol–water partition coefficient (Wildman–Crippen LogP) is 2.30. The SMILES string of the molecule is CN(C)CCNC(=O)[C@H](CC(=O)Nc1ccc(Cl)cc1)NC(=O)c1ccc(-n2ccccc2=O)cc1. The van der Waals surface area contributed by atoms with E-state index in [4.69, 9.17) is 11.6 Å². The van der Waals surface area contributed by atoms with Crippen LogP contribution in [0.3, 0.4) is 0 Å². The first-order valence-electron chi connectivity index (χ1n) is 11.3. The van der Waals surface area contributed by atoms with Crippen LogP contribution in [0.1, 0.15) is 16.8 Å². The molecule has 0 aliphatic heterocycles. The Morgan fingerprint density at radius 1 is 0.972 bits per heavy atom. The molecule has 3 amide bonds. The highest BCUT2D eigenvalue weighted by molar-refractivity contribution is 6.30. The summed E-state index contributed by atoms with van der Waals surface area (Å²) in [6.07, 6.45) is 1.37. The molecule has 0 saturated heterocycles. The van der Waals surface area contributed by atoms with Gasteiger partial charge in [0.05, 0.1) is 6.42 Å². The van der Waals surface area contributed by atoms with Crippen LogP contribution in [0.15, 0.2) is 77.7 Å². The Balaban J connectivity index is 1.71. The number of pyridine rings is 1. The molecule has 10 heteroatoms. The van der Waals surface area contributed by atoms with Crippen molar-refractivity contribution in [3.05, 3.63) is 93.9 Å². The molecule has 2 aromatic carbocycles. The van der Waals surface area contributed by atoms with Crippen LogP contribution in [0.5, 0.6) is 0 Å². The number of hydrogen-bond donors (Lipinski definition) is 3. The van der Waals surface area contributed by atoms with Gasteiger partial charge in [-0.25, -0.2) is 0 Å². The van der Waals surface area contributed by atoms with Crippen molar-refractivity contribution in [2.75, 3.05) is 32.5 Å². The monoisotopic (exact) mass is 509 g/mol. The molecular weight excluding hydrogens is 482 g/mol. The van der Waals surface area contributed by atoms with E-state index in [1.54, 1.807) is 66.9 Å². The smallest absolute Gasteiger partial charge is 0.255 e. The Morgan fingerprint density at radius 2 is 1.67 bits per heavy atom. The molecule has 0 aliphatic rings. The summed E-state index contributed by atoms with van der Waals surface area (Å²) in [5.74, 6) is -1.43. The predicted molar refractivity (Wildman–Crippen MR) is 140 cm³/mol. The number of halogens is 1. The third kappa shape index (κ3) is 7.79. The lowest BCUT2D eigenvalue weighted by atomic mass is 10.1. The zero-order valence-electron chi connectivity index (χ0n) is 20.0. The highest BCUT2D eigenvalue weighted by atomic mass is 35.5. The minimum absolute atomic E-state index is 0.198. The van der Waals surface area contributed by atoms with Gasteiger partial charge in [-0.3, -0.25) is 23.7 Å². The van der Waals surface area contributed by atoms with Crippen LogP contribution in [0.4, 0.5) is 5.69 Å². The van der Waals surface area contributed by atoms with Crippen LogP contribution in [0, 0.1) is 0 Å². The number of nitrogens with zero attached hydrogens (tertiary/aromatic N) is 2. The van der Waals surface area contributed by atoms with Crippen LogP contribution in [0.25, 0.3) is 5.69 Å². The van der Waals surface area contributed by atoms with E-state index in [1.165, 1.54) is 10.6 Å². The zero-order chi connectivity index (χ0) is 26.1. The maximum Gasteiger partial charge on any atom is 0.255 e. The number of nitrogens with one attached hydrogen (secondary N) is 3. The lowest BCUT2D eigenvalue weighted by molar-refractivity contribution is -0.126. The number of carbonyl (C=O) groups excluding carboxylic acids is 3. The summed E-state index contributed by atoms with van der Waals surface area (Å²) in [4.78, 5) is 52.3. The van der Waals surface area contributed by atoms with Crippen LogP contribution in [0.2, 0.25) is 5.02 Å². The second kappa shape index (κ2) is 12.7. The van der Waals surface area contributed by atoms with Crippen molar-refractivity contribution < 1.29 is 14.4 Å². The molecular formula is C26H28ClN5O4. The maximum atomic E-state index is 12.9. The second-order valence-electron chi connectivity index (χ2n) is 8.34. The Hall–Kier alpha value is -3.95. The van der Waals surface area contributed by atoms with Gasteiger partial charge >= 0.3 is 0 Å². The Bertz CT molecular complexity index is 1260. The number of amides is 3. The van der Waals surface area contributed by atoms with Crippen molar-refractivity contribution in [3.63, 3.8) is 0 Å². The standard InChI is InChI=1S/C26H28ClN5O4/c1-31(2)16-14-28-26(36)22(17-23(33)29-20-10-8-19(27)9-11-20)30-25(35)18-6-12-21(13-7-18)32-15-4-3-5-24(32)34/h3-13,15,22H,14,16-17H2,1-2H3,(H,28,36)(H,29,33)(H,30,35)/t22-/m0/s1. The summed E-state index contributed by atoms with van der Waals surface area (Å²) in [6, 6.07) is 16.7. The molecule has 3 N–H and O–H groups in total. The third-order valence-corrected chi connectivity index (χ3v) is 5.48. The maximum absolute atomic E-state index is 12.9. The molecule has 0 saturated carbocycles. The van der Waals surface area contributed by atoms with Gasteiger partial charge in [-0.15, -0.1) is 0 Å². The zero-order valence-corrected chi connectivity index (χ0v) is 20.8. The molecule has 0 spiro atoms. The quantitative estimate of drug-likeness (QED) is 0.388. The number of hydrogen-bond acceptors (Lipinski definition) is 5. The van der Waals surface area contributed by atoms with Gasteiger partial charge in [-0.2, -0.15) is 0 Å². The first-order chi connectivity index (χ1) is 17.2. The minimum atomic E-state index is -1.09. The first-order valence-corrected chi connectivity index (χ1v) is 11.7. The summed E-state index contributed by atoms with van der Waals surface area (Å²) in [6.45, 7) is 0.960. The minimum Gasteiger partial charge on any atom is -0.353 e. The molecule has 188 valence electrons. The normalized spacial score (nSPS) is 11.6. The van der Waals surface area contributed by atoms with Gasteiger partial charge in [0, 0.05) is 47.3 Å². The Morgan fingerprint density at radius 3 is 2.31 bits per heavy atom. The van der Waals surface area contributed by atoms with E-state index in [-0.39, 0.29) is 17.5 Å². The number of anilines is 1. The van der Waals surface area contributed by atoms with Gasteiger partial charge in [0.2, 0.25) is 11.8 Å². The second-order valence-corrected chi connectivity index (χ2v) is 8.77. The molecule has 0 bridgehead atoms. The molecule has 1 aromatic heterocycles. The Kier molecular flexibility index (Phi) is 9.38. The van der Waals surface area contributed by atoms with Gasteiger partial charge in [-0.05, 0) is 68.7 Å². The molecule has 3 aromatic rings. The first kappa shape index (κ1) is 26.7. The van der Waals surface area contributed by atoms with Gasteiger partial charge in [-0.1, -0.05) is 17.7 Å². The number of carbonyl (C=O) groups is 3. The van der Waals surface area contributed by atoms with Crippen molar-refractivity contribution in [2.45, 2.75) is 12.5 Å². The number of aromatic nitrogens is 1. The van der Waals surface area contributed by atoms with Gasteiger partial charge in [0.1, 0.15) is 6.04 Å². The van der Waals surface area contributed by atoms with Crippen LogP contribution >= 0.6 is 11.6 Å². The molecule has 0 fully saturated rings. The topological polar surface area (TPSA) is 113 Å². The fourth-order valence-electron chi connectivity index (χ4n) is 3.32. The lowest BCUT2D eigenvalue weighted by Gasteiger charge is -2.19. The average Bonchev–Trinajstić information content (AvgIpc) is 2.85. The van der Waals surface area contributed by atoms with Crippen molar-refractivity contribution >= 4 is 35.0 Å². The summed E-state index contributed by atoms with van der Waals surface area (Å²) < 4.78 is 1.45. The van der Waals surface area contributed by atoms with E-state index in [0.717, 1.165) is 0 Å². The largest absolute Gasteiger partial charge is 0.353 e. The molecule has 0 aliphatic carbocycles. The number of benzene rings is 2. The summed E-state index contributed by atoms with van der Waals surface area (Å²) in [7, 11) is 3.75. The van der Waals surface area contributed by atoms with Gasteiger partial charge in [0.25, 0.3) is 11.5 Å². The van der Waals surface area contributed by atoms with E-state index in [2.05, 4.69) is 16.0 Å².